The monoisotopic (exact) mass is 348 g/mol. The molecule has 5 heteroatoms. The van der Waals surface area contributed by atoms with Crippen molar-refractivity contribution in [1.82, 2.24) is 4.90 Å². The zero-order valence-corrected chi connectivity index (χ0v) is 13.7. The molecule has 1 aromatic rings. The highest BCUT2D eigenvalue weighted by atomic mass is 79.9. The Balaban J connectivity index is 0.00000180. The van der Waals surface area contributed by atoms with E-state index in [9.17, 15) is 0 Å². The minimum absolute atomic E-state index is 0. The first-order valence-electron chi connectivity index (χ1n) is 6.51. The van der Waals surface area contributed by atoms with Crippen LogP contribution in [0.25, 0.3) is 0 Å². The van der Waals surface area contributed by atoms with Crippen LogP contribution in [-0.4, -0.2) is 31.1 Å². The lowest BCUT2D eigenvalue weighted by molar-refractivity contribution is 0.143. The molecule has 1 heterocycles. The van der Waals surface area contributed by atoms with Gasteiger partial charge >= 0.3 is 0 Å². The Hall–Kier alpha value is -0.290. The van der Waals surface area contributed by atoms with Gasteiger partial charge in [0, 0.05) is 29.2 Å². The van der Waals surface area contributed by atoms with Crippen molar-refractivity contribution < 1.29 is 4.74 Å². The zero-order chi connectivity index (χ0) is 13.0. The minimum Gasteiger partial charge on any atom is -0.496 e. The van der Waals surface area contributed by atoms with Crippen LogP contribution in [0.15, 0.2) is 22.7 Å². The summed E-state index contributed by atoms with van der Waals surface area (Å²) < 4.78 is 6.53. The first-order valence-corrected chi connectivity index (χ1v) is 7.30. The van der Waals surface area contributed by atoms with E-state index >= 15 is 0 Å². The van der Waals surface area contributed by atoms with Crippen LogP contribution in [-0.2, 0) is 6.54 Å². The topological polar surface area (TPSA) is 38.5 Å². The van der Waals surface area contributed by atoms with E-state index in [1.807, 2.05) is 12.1 Å². The van der Waals surface area contributed by atoms with Crippen LogP contribution in [0.1, 0.15) is 24.8 Å². The Morgan fingerprint density at radius 1 is 1.42 bits per heavy atom. The molecule has 1 fully saturated rings. The van der Waals surface area contributed by atoms with Crippen LogP contribution in [0.3, 0.4) is 0 Å². The summed E-state index contributed by atoms with van der Waals surface area (Å²) >= 11 is 3.52. The summed E-state index contributed by atoms with van der Waals surface area (Å²) in [5, 5.41) is 0. The van der Waals surface area contributed by atoms with E-state index in [0.29, 0.717) is 6.04 Å². The third-order valence-corrected chi connectivity index (χ3v) is 4.13. The van der Waals surface area contributed by atoms with Crippen molar-refractivity contribution in [2.75, 3.05) is 20.2 Å². The van der Waals surface area contributed by atoms with Gasteiger partial charge < -0.3 is 10.5 Å². The quantitative estimate of drug-likeness (QED) is 0.907. The predicted molar refractivity (Wildman–Crippen MR) is 85.0 cm³/mol. The summed E-state index contributed by atoms with van der Waals surface area (Å²) in [7, 11) is 1.73. The lowest BCUT2D eigenvalue weighted by Gasteiger charge is -2.35. The number of piperidine rings is 1. The number of ether oxygens (including phenoxy) is 1. The van der Waals surface area contributed by atoms with Crippen LogP contribution < -0.4 is 10.5 Å². The largest absolute Gasteiger partial charge is 0.496 e. The van der Waals surface area contributed by atoms with Gasteiger partial charge in [0.25, 0.3) is 0 Å². The average molecular weight is 350 g/mol. The van der Waals surface area contributed by atoms with Gasteiger partial charge in [0.15, 0.2) is 0 Å². The van der Waals surface area contributed by atoms with E-state index in [2.05, 4.69) is 26.9 Å². The summed E-state index contributed by atoms with van der Waals surface area (Å²) in [6.07, 6.45) is 3.79. The number of likely N-dealkylation sites (tertiary alicyclic amines) is 1. The molecule has 2 N–H and O–H groups in total. The third-order valence-electron chi connectivity index (χ3n) is 3.64. The molecule has 3 nitrogen and oxygen atoms in total. The number of hydrogen-bond acceptors (Lipinski definition) is 3. The molecule has 0 radical (unpaired) electrons. The molecule has 2 rings (SSSR count). The summed E-state index contributed by atoms with van der Waals surface area (Å²) in [6, 6.07) is 6.68. The Labute approximate surface area is 130 Å². The second-order valence-corrected chi connectivity index (χ2v) is 5.73. The van der Waals surface area contributed by atoms with Gasteiger partial charge in [-0.05, 0) is 37.6 Å². The molecule has 0 aliphatic carbocycles. The van der Waals surface area contributed by atoms with E-state index in [0.717, 1.165) is 29.9 Å². The molecule has 1 aromatic carbocycles. The van der Waals surface area contributed by atoms with Crippen molar-refractivity contribution in [2.24, 2.45) is 5.73 Å². The summed E-state index contributed by atoms with van der Waals surface area (Å²) in [4.78, 5) is 2.48. The number of hydrogen-bond donors (Lipinski definition) is 1. The lowest BCUT2D eigenvalue weighted by atomic mass is 10.0. The first-order chi connectivity index (χ1) is 8.74. The van der Waals surface area contributed by atoms with E-state index in [-0.39, 0.29) is 12.4 Å². The molecular weight excluding hydrogens is 328 g/mol. The Morgan fingerprint density at radius 2 is 2.21 bits per heavy atom. The summed E-state index contributed by atoms with van der Waals surface area (Å²) in [5.74, 6) is 0.958. The van der Waals surface area contributed by atoms with Crippen molar-refractivity contribution >= 4 is 28.3 Å². The molecule has 0 spiro atoms. The highest BCUT2D eigenvalue weighted by molar-refractivity contribution is 9.10. The second kappa shape index (κ2) is 8.10. The minimum atomic E-state index is 0. The SMILES string of the molecule is COc1ccc(Br)cc1CN1CCCCC1CN.Cl. The van der Waals surface area contributed by atoms with Crippen molar-refractivity contribution in [3.05, 3.63) is 28.2 Å². The van der Waals surface area contributed by atoms with Gasteiger partial charge in [0.05, 0.1) is 7.11 Å². The fourth-order valence-electron chi connectivity index (χ4n) is 2.62. The number of halogens is 2. The van der Waals surface area contributed by atoms with Crippen LogP contribution in [0.5, 0.6) is 5.75 Å². The van der Waals surface area contributed by atoms with Gasteiger partial charge in [-0.3, -0.25) is 4.90 Å². The fraction of sp³-hybridized carbons (Fsp3) is 0.571. The maximum absolute atomic E-state index is 5.87. The van der Waals surface area contributed by atoms with Gasteiger partial charge in [0.2, 0.25) is 0 Å². The Bertz CT molecular complexity index is 403. The first kappa shape index (κ1) is 16.8. The standard InChI is InChI=1S/C14H21BrN2O.ClH/c1-18-14-6-5-12(15)8-11(14)10-17-7-3-2-4-13(17)9-16;/h5-6,8,13H,2-4,7,9-10,16H2,1H3;1H. The average Bonchev–Trinajstić information content (AvgIpc) is 2.40. The molecule has 1 unspecified atom stereocenters. The van der Waals surface area contributed by atoms with Crippen LogP contribution >= 0.6 is 28.3 Å². The van der Waals surface area contributed by atoms with E-state index in [1.54, 1.807) is 7.11 Å². The van der Waals surface area contributed by atoms with E-state index < -0.39 is 0 Å². The molecular formula is C14H22BrClN2O. The van der Waals surface area contributed by atoms with Crippen LogP contribution in [0.2, 0.25) is 0 Å². The van der Waals surface area contributed by atoms with Crippen molar-refractivity contribution in [3.8, 4) is 5.75 Å². The molecule has 108 valence electrons. The molecule has 0 bridgehead atoms. The Kier molecular flexibility index (Phi) is 7.15. The normalized spacial score (nSPS) is 19.8. The molecule has 1 aliphatic heterocycles. The molecule has 1 atom stereocenters. The van der Waals surface area contributed by atoms with Crippen molar-refractivity contribution in [3.63, 3.8) is 0 Å². The predicted octanol–water partition coefficient (Wildman–Crippen LogP) is 3.19. The maximum Gasteiger partial charge on any atom is 0.123 e. The van der Waals surface area contributed by atoms with Gasteiger partial charge in [-0.25, -0.2) is 0 Å². The third kappa shape index (κ3) is 4.35. The molecule has 1 aliphatic rings. The molecule has 0 aromatic heterocycles. The number of methoxy groups -OCH3 is 1. The van der Waals surface area contributed by atoms with E-state index in [1.165, 1.54) is 24.8 Å². The second-order valence-electron chi connectivity index (χ2n) is 4.81. The van der Waals surface area contributed by atoms with Crippen LogP contribution in [0, 0.1) is 0 Å². The number of rotatable bonds is 4. The smallest absolute Gasteiger partial charge is 0.123 e. The molecule has 0 saturated carbocycles. The van der Waals surface area contributed by atoms with Crippen molar-refractivity contribution in [1.29, 1.82) is 0 Å². The number of nitrogens with two attached hydrogens (primary N) is 1. The summed E-state index contributed by atoms with van der Waals surface area (Å²) in [6.45, 7) is 2.80. The van der Waals surface area contributed by atoms with Gasteiger partial charge in [-0.15, -0.1) is 12.4 Å². The maximum atomic E-state index is 5.87. The molecule has 19 heavy (non-hydrogen) atoms. The van der Waals surface area contributed by atoms with Gasteiger partial charge in [-0.1, -0.05) is 22.4 Å². The van der Waals surface area contributed by atoms with E-state index in [4.69, 9.17) is 10.5 Å². The van der Waals surface area contributed by atoms with Gasteiger partial charge in [0.1, 0.15) is 5.75 Å². The molecule has 0 amide bonds. The summed E-state index contributed by atoms with van der Waals surface area (Å²) in [5.41, 5.74) is 7.09. The Morgan fingerprint density at radius 3 is 2.89 bits per heavy atom. The van der Waals surface area contributed by atoms with Crippen LogP contribution in [0.4, 0.5) is 0 Å². The number of nitrogens with zero attached hydrogens (tertiary/aromatic N) is 1. The lowest BCUT2D eigenvalue weighted by Crippen LogP contribution is -2.43. The highest BCUT2D eigenvalue weighted by Gasteiger charge is 2.22. The fourth-order valence-corrected chi connectivity index (χ4v) is 3.03. The van der Waals surface area contributed by atoms with Gasteiger partial charge in [-0.2, -0.15) is 0 Å². The van der Waals surface area contributed by atoms with Crippen molar-refractivity contribution in [2.45, 2.75) is 31.8 Å². The highest BCUT2D eigenvalue weighted by Crippen LogP contribution is 2.27. The number of benzene rings is 1. The zero-order valence-electron chi connectivity index (χ0n) is 11.3. The molecule has 1 saturated heterocycles.